The number of rotatable bonds is 3. The van der Waals surface area contributed by atoms with Gasteiger partial charge in [0, 0.05) is 24.2 Å². The maximum atomic E-state index is 12.3. The quantitative estimate of drug-likeness (QED) is 0.802. The predicted octanol–water partition coefficient (Wildman–Crippen LogP) is 1.87. The van der Waals surface area contributed by atoms with E-state index in [1.807, 2.05) is 6.92 Å². The number of carbonyl (C=O) groups excluding carboxylic acids is 1. The van der Waals surface area contributed by atoms with Gasteiger partial charge in [0.05, 0.1) is 0 Å². The van der Waals surface area contributed by atoms with Crippen molar-refractivity contribution in [1.29, 1.82) is 0 Å². The Balaban J connectivity index is 2.50. The topological polar surface area (TPSA) is 52.0 Å². The first-order valence-corrected chi connectivity index (χ1v) is 6.28. The van der Waals surface area contributed by atoms with E-state index in [-0.39, 0.29) is 11.3 Å². The van der Waals surface area contributed by atoms with Crippen molar-refractivity contribution in [2.45, 2.75) is 52.5 Å². The van der Waals surface area contributed by atoms with Crippen molar-refractivity contribution >= 4 is 5.78 Å². The van der Waals surface area contributed by atoms with Gasteiger partial charge in [-0.15, -0.1) is 0 Å². The molecular weight excluding hydrogens is 216 g/mol. The molecule has 4 heteroatoms. The Morgan fingerprint density at radius 1 is 1.35 bits per heavy atom. The maximum Gasteiger partial charge on any atom is 0.257 e. The van der Waals surface area contributed by atoms with Crippen molar-refractivity contribution in [3.63, 3.8) is 0 Å². The number of aryl methyl sites for hydroxylation is 1. The molecule has 0 bridgehead atoms. The molecule has 0 saturated carbocycles. The third kappa shape index (κ3) is 2.16. The van der Waals surface area contributed by atoms with Crippen molar-refractivity contribution in [3.8, 4) is 0 Å². The van der Waals surface area contributed by atoms with Gasteiger partial charge in [-0.1, -0.05) is 13.3 Å². The van der Waals surface area contributed by atoms with Gasteiger partial charge in [0.1, 0.15) is 0 Å². The average Bonchev–Trinajstić information content (AvgIpc) is 2.31. The van der Waals surface area contributed by atoms with E-state index in [1.54, 1.807) is 4.57 Å². The van der Waals surface area contributed by atoms with E-state index in [1.165, 1.54) is 0 Å². The zero-order chi connectivity index (χ0) is 12.4. The monoisotopic (exact) mass is 234 g/mol. The molecule has 0 aromatic carbocycles. The van der Waals surface area contributed by atoms with E-state index >= 15 is 0 Å². The highest BCUT2D eigenvalue weighted by Crippen LogP contribution is 2.13. The molecule has 2 heterocycles. The lowest BCUT2D eigenvalue weighted by atomic mass is 10.1. The number of hydrogen-bond acceptors (Lipinski definition) is 3. The summed E-state index contributed by atoms with van der Waals surface area (Å²) in [5.74, 6) is 0.359. The third-order valence-electron chi connectivity index (χ3n) is 3.28. The molecule has 0 saturated heterocycles. The first-order valence-electron chi connectivity index (χ1n) is 6.28. The second-order valence-corrected chi connectivity index (χ2v) is 4.59. The summed E-state index contributed by atoms with van der Waals surface area (Å²) in [6, 6.07) is 0. The van der Waals surface area contributed by atoms with Crippen LogP contribution in [0.3, 0.4) is 0 Å². The van der Waals surface area contributed by atoms with Gasteiger partial charge in [-0.2, -0.15) is 0 Å². The van der Waals surface area contributed by atoms with E-state index < -0.39 is 0 Å². The van der Waals surface area contributed by atoms with Crippen LogP contribution in [-0.4, -0.2) is 15.3 Å². The van der Waals surface area contributed by atoms with Gasteiger partial charge >= 0.3 is 0 Å². The van der Waals surface area contributed by atoms with Crippen LogP contribution in [0.1, 0.15) is 54.5 Å². The first-order chi connectivity index (χ1) is 8.15. The highest BCUT2D eigenvalue weighted by Gasteiger charge is 2.22. The number of fused-ring (bicyclic) bond motifs is 1. The molecule has 0 N–H and O–H groups in total. The Bertz CT molecular complexity index is 503. The van der Waals surface area contributed by atoms with Crippen molar-refractivity contribution in [2.24, 2.45) is 0 Å². The fourth-order valence-electron chi connectivity index (χ4n) is 2.27. The largest absolute Gasteiger partial charge is 0.291 e. The molecule has 0 aliphatic carbocycles. The van der Waals surface area contributed by atoms with Gasteiger partial charge in [-0.25, -0.2) is 4.98 Å². The van der Waals surface area contributed by atoms with Gasteiger partial charge in [-0.3, -0.25) is 14.2 Å². The van der Waals surface area contributed by atoms with Crippen LogP contribution >= 0.6 is 0 Å². The molecule has 1 aromatic rings. The number of nitrogens with zero attached hydrogens (tertiary/aromatic N) is 2. The Kier molecular flexibility index (Phi) is 3.41. The summed E-state index contributed by atoms with van der Waals surface area (Å²) in [4.78, 5) is 28.3. The van der Waals surface area contributed by atoms with Crippen molar-refractivity contribution < 1.29 is 4.79 Å². The minimum absolute atomic E-state index is 0.00140. The van der Waals surface area contributed by atoms with E-state index in [0.29, 0.717) is 18.8 Å². The van der Waals surface area contributed by atoms with Crippen LogP contribution in [0.2, 0.25) is 0 Å². The number of hydrogen-bond donors (Lipinski definition) is 0. The third-order valence-corrected chi connectivity index (χ3v) is 3.28. The number of aromatic nitrogens is 2. The van der Waals surface area contributed by atoms with Gasteiger partial charge in [0.25, 0.3) is 5.56 Å². The molecule has 0 amide bonds. The maximum absolute atomic E-state index is 12.3. The second-order valence-electron chi connectivity index (χ2n) is 4.59. The van der Waals surface area contributed by atoms with Gasteiger partial charge in [0.2, 0.25) is 0 Å². The van der Waals surface area contributed by atoms with E-state index in [9.17, 15) is 9.59 Å². The zero-order valence-electron chi connectivity index (χ0n) is 10.5. The van der Waals surface area contributed by atoms with Crippen molar-refractivity contribution in [1.82, 2.24) is 9.55 Å². The molecule has 17 heavy (non-hydrogen) atoms. The summed E-state index contributed by atoms with van der Waals surface area (Å²) in [6.07, 6.45) is 4.08. The molecule has 1 aliphatic rings. The summed E-state index contributed by atoms with van der Waals surface area (Å²) in [7, 11) is 0. The highest BCUT2D eigenvalue weighted by molar-refractivity contribution is 5.93. The van der Waals surface area contributed by atoms with Gasteiger partial charge in [0.15, 0.2) is 11.6 Å². The van der Waals surface area contributed by atoms with Crippen LogP contribution in [0.15, 0.2) is 4.79 Å². The van der Waals surface area contributed by atoms with E-state index in [4.69, 9.17) is 0 Å². The molecular formula is C13H18N2O2. The van der Waals surface area contributed by atoms with Crippen LogP contribution < -0.4 is 5.56 Å². The van der Waals surface area contributed by atoms with Crippen LogP contribution in [0.4, 0.5) is 0 Å². The molecule has 2 rings (SSSR count). The lowest BCUT2D eigenvalue weighted by molar-refractivity contribution is 0.0945. The number of ketones is 1. The Hall–Kier alpha value is -1.45. The molecule has 0 unspecified atom stereocenters. The first kappa shape index (κ1) is 12.0. The predicted molar refractivity (Wildman–Crippen MR) is 65.4 cm³/mol. The van der Waals surface area contributed by atoms with Gasteiger partial charge in [-0.05, 0) is 26.2 Å². The normalized spacial score (nSPS) is 14.8. The molecule has 0 atom stereocenters. The molecule has 0 spiro atoms. The molecule has 1 aliphatic heterocycles. The molecule has 92 valence electrons. The van der Waals surface area contributed by atoms with E-state index in [0.717, 1.165) is 36.9 Å². The Morgan fingerprint density at radius 2 is 2.12 bits per heavy atom. The van der Waals surface area contributed by atoms with Gasteiger partial charge < -0.3 is 0 Å². The summed E-state index contributed by atoms with van der Waals surface area (Å²) in [6.45, 7) is 4.56. The molecule has 1 aromatic heterocycles. The lowest BCUT2D eigenvalue weighted by Crippen LogP contribution is -2.34. The summed E-state index contributed by atoms with van der Waals surface area (Å²) in [5.41, 5.74) is 1.50. The molecule has 0 radical (unpaired) electrons. The SMILES string of the molecule is CCCCc1c(C)nc2n(c1=O)CCCC2=O. The van der Waals surface area contributed by atoms with E-state index in [2.05, 4.69) is 11.9 Å². The fourth-order valence-corrected chi connectivity index (χ4v) is 2.27. The number of unbranched alkanes of at least 4 members (excludes halogenated alkanes) is 1. The smallest absolute Gasteiger partial charge is 0.257 e. The second kappa shape index (κ2) is 4.82. The van der Waals surface area contributed by atoms with Crippen molar-refractivity contribution in [2.75, 3.05) is 0 Å². The fraction of sp³-hybridized carbons (Fsp3) is 0.615. The van der Waals surface area contributed by atoms with Crippen LogP contribution in [0, 0.1) is 6.92 Å². The number of carbonyl (C=O) groups is 1. The lowest BCUT2D eigenvalue weighted by Gasteiger charge is -2.18. The average molecular weight is 234 g/mol. The summed E-state index contributed by atoms with van der Waals surface area (Å²) >= 11 is 0. The van der Waals surface area contributed by atoms with Crippen LogP contribution in [-0.2, 0) is 13.0 Å². The standard InChI is InChI=1S/C13H18N2O2/c1-3-4-6-10-9(2)14-12-11(16)7-5-8-15(12)13(10)17/h3-8H2,1-2H3. The zero-order valence-corrected chi connectivity index (χ0v) is 10.5. The van der Waals surface area contributed by atoms with Crippen LogP contribution in [0.25, 0.3) is 0 Å². The number of Topliss-reactive ketones (excluding diaryl/α,β-unsaturated/α-hetero) is 1. The Morgan fingerprint density at radius 3 is 2.82 bits per heavy atom. The minimum Gasteiger partial charge on any atom is -0.291 e. The Labute approximate surface area is 101 Å². The molecule has 4 nitrogen and oxygen atoms in total. The minimum atomic E-state index is -0.00556. The van der Waals surface area contributed by atoms with Crippen molar-refractivity contribution in [3.05, 3.63) is 27.4 Å². The molecule has 0 fully saturated rings. The highest BCUT2D eigenvalue weighted by atomic mass is 16.1. The summed E-state index contributed by atoms with van der Waals surface area (Å²) in [5, 5.41) is 0. The summed E-state index contributed by atoms with van der Waals surface area (Å²) < 4.78 is 1.56. The van der Waals surface area contributed by atoms with Crippen LogP contribution in [0.5, 0.6) is 0 Å².